The monoisotopic (exact) mass is 238 g/mol. The van der Waals surface area contributed by atoms with Crippen LogP contribution in [0.5, 0.6) is 0 Å². The van der Waals surface area contributed by atoms with Gasteiger partial charge >= 0.3 is 0 Å². The van der Waals surface area contributed by atoms with Gasteiger partial charge in [-0.25, -0.2) is 4.39 Å². The molecule has 0 aliphatic carbocycles. The summed E-state index contributed by atoms with van der Waals surface area (Å²) in [7, 11) is -0.764. The van der Waals surface area contributed by atoms with Gasteiger partial charge in [-0.1, -0.05) is 0 Å². The van der Waals surface area contributed by atoms with E-state index in [9.17, 15) is 8.60 Å². The number of rotatable bonds is 1. The lowest BCUT2D eigenvalue weighted by Gasteiger charge is -2.28. The molecule has 2 rings (SSSR count). The smallest absolute Gasteiger partial charge is 0.147 e. The van der Waals surface area contributed by atoms with Gasteiger partial charge in [0, 0.05) is 35.4 Å². The van der Waals surface area contributed by atoms with Gasteiger partial charge in [-0.3, -0.25) is 4.21 Å². The van der Waals surface area contributed by atoms with Crippen LogP contribution >= 0.6 is 0 Å². The van der Waals surface area contributed by atoms with Crippen LogP contribution in [0.2, 0.25) is 0 Å². The van der Waals surface area contributed by atoms with Gasteiger partial charge in [-0.05, 0) is 18.2 Å². The molecule has 0 spiro atoms. The predicted octanol–water partition coefficient (Wildman–Crippen LogP) is 1.27. The Morgan fingerprint density at radius 2 is 2.06 bits per heavy atom. The quantitative estimate of drug-likeness (QED) is 0.740. The molecule has 0 radical (unpaired) electrons. The second-order valence-corrected chi connectivity index (χ2v) is 5.31. The Morgan fingerprint density at radius 3 is 2.62 bits per heavy atom. The van der Waals surface area contributed by atoms with Crippen molar-refractivity contribution in [1.29, 1.82) is 5.26 Å². The van der Waals surface area contributed by atoms with Gasteiger partial charge in [-0.15, -0.1) is 0 Å². The van der Waals surface area contributed by atoms with Gasteiger partial charge in [0.05, 0.1) is 17.3 Å². The molecule has 0 atom stereocenters. The normalized spacial score (nSPS) is 17.1. The molecule has 84 valence electrons. The minimum Gasteiger partial charge on any atom is -0.367 e. The summed E-state index contributed by atoms with van der Waals surface area (Å²) in [5.74, 6) is 0.783. The van der Waals surface area contributed by atoms with E-state index >= 15 is 0 Å². The van der Waals surface area contributed by atoms with Crippen molar-refractivity contribution in [2.24, 2.45) is 0 Å². The third-order valence-corrected chi connectivity index (χ3v) is 3.87. The van der Waals surface area contributed by atoms with Crippen molar-refractivity contribution in [1.82, 2.24) is 0 Å². The van der Waals surface area contributed by atoms with E-state index < -0.39 is 10.8 Å². The van der Waals surface area contributed by atoms with E-state index in [4.69, 9.17) is 5.26 Å². The number of nitrogens with zero attached hydrogens (tertiary/aromatic N) is 2. The molecule has 0 aromatic heterocycles. The van der Waals surface area contributed by atoms with Gasteiger partial charge in [0.15, 0.2) is 0 Å². The SMILES string of the molecule is N#Cc1ccc(N2CCS(=O)CC2)c(F)c1. The van der Waals surface area contributed by atoms with E-state index in [1.54, 1.807) is 12.1 Å². The lowest BCUT2D eigenvalue weighted by Crippen LogP contribution is -2.38. The van der Waals surface area contributed by atoms with E-state index in [0.29, 0.717) is 35.8 Å². The van der Waals surface area contributed by atoms with Crippen molar-refractivity contribution in [3.8, 4) is 6.07 Å². The predicted molar refractivity (Wildman–Crippen MR) is 61.2 cm³/mol. The van der Waals surface area contributed by atoms with Crippen LogP contribution in [0, 0.1) is 17.1 Å². The third-order valence-electron chi connectivity index (χ3n) is 2.60. The van der Waals surface area contributed by atoms with Crippen LogP contribution in [0.15, 0.2) is 18.2 Å². The highest BCUT2D eigenvalue weighted by Crippen LogP contribution is 2.21. The Hall–Kier alpha value is -1.41. The summed E-state index contributed by atoms with van der Waals surface area (Å²) in [6, 6.07) is 6.35. The van der Waals surface area contributed by atoms with E-state index in [1.165, 1.54) is 6.07 Å². The highest BCUT2D eigenvalue weighted by molar-refractivity contribution is 7.85. The molecule has 3 nitrogen and oxygen atoms in total. The molecule has 0 amide bonds. The van der Waals surface area contributed by atoms with Crippen molar-refractivity contribution in [2.45, 2.75) is 0 Å². The number of anilines is 1. The van der Waals surface area contributed by atoms with Gasteiger partial charge in [-0.2, -0.15) is 5.26 Å². The van der Waals surface area contributed by atoms with Crippen molar-refractivity contribution >= 4 is 16.5 Å². The molecule has 0 unspecified atom stereocenters. The Labute approximate surface area is 95.9 Å². The fourth-order valence-electron chi connectivity index (χ4n) is 1.71. The first-order chi connectivity index (χ1) is 7.70. The van der Waals surface area contributed by atoms with Gasteiger partial charge in [0.1, 0.15) is 5.82 Å². The van der Waals surface area contributed by atoms with Gasteiger partial charge in [0.2, 0.25) is 0 Å². The zero-order chi connectivity index (χ0) is 11.5. The average Bonchev–Trinajstić information content (AvgIpc) is 2.30. The first-order valence-electron chi connectivity index (χ1n) is 5.00. The standard InChI is InChI=1S/C11H11FN2OS/c12-10-7-9(8-13)1-2-11(10)14-3-5-16(15)6-4-14/h1-2,7H,3-6H2. The molecule has 0 N–H and O–H groups in total. The average molecular weight is 238 g/mol. The summed E-state index contributed by atoms with van der Waals surface area (Å²) in [6.07, 6.45) is 0. The minimum atomic E-state index is -0.764. The Morgan fingerprint density at radius 1 is 1.38 bits per heavy atom. The highest BCUT2D eigenvalue weighted by atomic mass is 32.2. The third kappa shape index (κ3) is 2.22. The first kappa shape index (κ1) is 11.1. The van der Waals surface area contributed by atoms with Crippen LogP contribution in [0.25, 0.3) is 0 Å². The summed E-state index contributed by atoms with van der Waals surface area (Å²) in [5.41, 5.74) is 0.817. The first-order valence-corrected chi connectivity index (χ1v) is 6.49. The summed E-state index contributed by atoms with van der Waals surface area (Å²) >= 11 is 0. The molecular weight excluding hydrogens is 227 g/mol. The molecule has 5 heteroatoms. The summed E-state index contributed by atoms with van der Waals surface area (Å²) in [6.45, 7) is 1.21. The molecule has 0 saturated carbocycles. The molecule has 1 aromatic rings. The Balaban J connectivity index is 2.21. The van der Waals surface area contributed by atoms with E-state index in [2.05, 4.69) is 0 Å². The van der Waals surface area contributed by atoms with E-state index in [0.717, 1.165) is 0 Å². The number of benzene rings is 1. The van der Waals surface area contributed by atoms with Crippen molar-refractivity contribution in [3.05, 3.63) is 29.6 Å². The summed E-state index contributed by atoms with van der Waals surface area (Å²) in [4.78, 5) is 1.87. The zero-order valence-corrected chi connectivity index (χ0v) is 9.47. The molecular formula is C11H11FN2OS. The van der Waals surface area contributed by atoms with Crippen LogP contribution in [0.3, 0.4) is 0 Å². The molecule has 1 saturated heterocycles. The molecule has 0 bridgehead atoms. The topological polar surface area (TPSA) is 44.1 Å². The van der Waals surface area contributed by atoms with Crippen LogP contribution in [0.4, 0.5) is 10.1 Å². The molecule has 16 heavy (non-hydrogen) atoms. The largest absolute Gasteiger partial charge is 0.367 e. The molecule has 1 aliphatic heterocycles. The minimum absolute atomic E-state index is 0.321. The highest BCUT2D eigenvalue weighted by Gasteiger charge is 2.18. The Bertz CT molecular complexity index is 460. The van der Waals surface area contributed by atoms with Gasteiger partial charge < -0.3 is 4.90 Å². The van der Waals surface area contributed by atoms with Crippen LogP contribution < -0.4 is 4.90 Å². The summed E-state index contributed by atoms with van der Waals surface area (Å²) in [5, 5.41) is 8.63. The zero-order valence-electron chi connectivity index (χ0n) is 8.65. The lowest BCUT2D eigenvalue weighted by atomic mass is 10.2. The molecule has 1 aromatic carbocycles. The van der Waals surface area contributed by atoms with E-state index in [-0.39, 0.29) is 5.82 Å². The van der Waals surface area contributed by atoms with Crippen molar-refractivity contribution in [3.63, 3.8) is 0 Å². The van der Waals surface area contributed by atoms with Crippen molar-refractivity contribution < 1.29 is 8.60 Å². The maximum absolute atomic E-state index is 13.7. The van der Waals surface area contributed by atoms with Crippen molar-refractivity contribution in [2.75, 3.05) is 29.5 Å². The molecule has 1 fully saturated rings. The van der Waals surface area contributed by atoms with Crippen LogP contribution in [0.1, 0.15) is 5.56 Å². The second-order valence-electron chi connectivity index (χ2n) is 3.61. The Kier molecular flexibility index (Phi) is 3.20. The second kappa shape index (κ2) is 4.62. The fourth-order valence-corrected chi connectivity index (χ4v) is 2.76. The van der Waals surface area contributed by atoms with E-state index in [1.807, 2.05) is 11.0 Å². The van der Waals surface area contributed by atoms with Gasteiger partial charge in [0.25, 0.3) is 0 Å². The van der Waals surface area contributed by atoms with Crippen LogP contribution in [-0.4, -0.2) is 28.8 Å². The number of hydrogen-bond donors (Lipinski definition) is 0. The van der Waals surface area contributed by atoms with Crippen LogP contribution in [-0.2, 0) is 10.8 Å². The summed E-state index contributed by atoms with van der Waals surface area (Å²) < 4.78 is 24.8. The number of nitriles is 1. The lowest BCUT2D eigenvalue weighted by molar-refractivity contribution is 0.616. The fraction of sp³-hybridized carbons (Fsp3) is 0.364. The maximum Gasteiger partial charge on any atom is 0.147 e. The molecule has 1 heterocycles. The number of hydrogen-bond acceptors (Lipinski definition) is 3. The maximum atomic E-state index is 13.7. The number of halogens is 1. The molecule has 1 aliphatic rings.